The molecular weight excluding hydrogens is 192 g/mol. The van der Waals surface area contributed by atoms with E-state index in [9.17, 15) is 9.59 Å². The Morgan fingerprint density at radius 2 is 2.33 bits per heavy atom. The number of hydrogen-bond donors (Lipinski definition) is 1. The van der Waals surface area contributed by atoms with Crippen molar-refractivity contribution in [2.75, 3.05) is 7.05 Å². The van der Waals surface area contributed by atoms with Crippen LogP contribution in [0, 0.1) is 5.92 Å². The third-order valence-corrected chi connectivity index (χ3v) is 2.26. The summed E-state index contributed by atoms with van der Waals surface area (Å²) in [4.78, 5) is 26.5. The molecule has 0 radical (unpaired) electrons. The van der Waals surface area contributed by atoms with E-state index in [4.69, 9.17) is 0 Å². The van der Waals surface area contributed by atoms with Crippen LogP contribution in [0.5, 0.6) is 0 Å². The molecule has 0 aliphatic carbocycles. The minimum Gasteiger partial charge on any atom is -0.296 e. The number of nitrogens with one attached hydrogen (secondary N) is 1. The zero-order chi connectivity index (χ0) is 11.3. The summed E-state index contributed by atoms with van der Waals surface area (Å²) in [6.45, 7) is 3.55. The van der Waals surface area contributed by atoms with Crippen molar-refractivity contribution in [3.63, 3.8) is 0 Å². The number of carbonyl (C=O) groups excluding carboxylic acids is 2. The number of aliphatic imine (C=N–C) groups is 1. The number of carbonyl (C=O) groups is 2. The molecule has 1 heterocycles. The van der Waals surface area contributed by atoms with Gasteiger partial charge in [-0.25, -0.2) is 0 Å². The van der Waals surface area contributed by atoms with Gasteiger partial charge in [0.15, 0.2) is 0 Å². The van der Waals surface area contributed by atoms with Gasteiger partial charge in [-0.15, -0.1) is 0 Å². The van der Waals surface area contributed by atoms with Crippen LogP contribution < -0.4 is 5.32 Å². The molecule has 1 aliphatic heterocycles. The fraction of sp³-hybridized carbons (Fsp3) is 0.364. The molecule has 1 unspecified atom stereocenters. The second-order valence-corrected chi connectivity index (χ2v) is 3.25. The number of hydrogen-bond acceptors (Lipinski definition) is 3. The van der Waals surface area contributed by atoms with Gasteiger partial charge in [0.25, 0.3) is 0 Å². The molecule has 1 atom stereocenters. The molecule has 1 fully saturated rings. The lowest BCUT2D eigenvalue weighted by molar-refractivity contribution is -0.134. The maximum absolute atomic E-state index is 11.5. The number of piperidine rings is 1. The maximum atomic E-state index is 11.5. The highest BCUT2D eigenvalue weighted by molar-refractivity contribution is 6.14. The summed E-state index contributed by atoms with van der Waals surface area (Å²) >= 11 is 0. The molecule has 4 nitrogen and oxygen atoms in total. The van der Waals surface area contributed by atoms with E-state index >= 15 is 0 Å². The van der Waals surface area contributed by atoms with Crippen LogP contribution in [0.2, 0.25) is 0 Å². The van der Waals surface area contributed by atoms with E-state index in [2.05, 4.69) is 16.9 Å². The molecule has 1 saturated heterocycles. The third-order valence-electron chi connectivity index (χ3n) is 2.26. The van der Waals surface area contributed by atoms with E-state index in [1.165, 1.54) is 0 Å². The summed E-state index contributed by atoms with van der Waals surface area (Å²) in [5.41, 5.74) is 0.680. The van der Waals surface area contributed by atoms with E-state index in [1.807, 2.05) is 0 Å². The molecule has 0 aromatic heterocycles. The van der Waals surface area contributed by atoms with Crippen LogP contribution in [-0.4, -0.2) is 24.6 Å². The highest BCUT2D eigenvalue weighted by Crippen LogP contribution is 2.15. The molecule has 0 aromatic carbocycles. The second-order valence-electron chi connectivity index (χ2n) is 3.25. The molecule has 15 heavy (non-hydrogen) atoms. The van der Waals surface area contributed by atoms with Crippen LogP contribution in [0.15, 0.2) is 29.8 Å². The molecule has 0 saturated carbocycles. The van der Waals surface area contributed by atoms with Crippen molar-refractivity contribution >= 4 is 17.5 Å². The highest BCUT2D eigenvalue weighted by Gasteiger charge is 2.29. The van der Waals surface area contributed by atoms with E-state index in [1.54, 1.807) is 25.3 Å². The lowest BCUT2D eigenvalue weighted by Gasteiger charge is -2.20. The number of rotatable bonds is 3. The van der Waals surface area contributed by atoms with Crippen LogP contribution in [0.1, 0.15) is 12.8 Å². The molecule has 1 aliphatic rings. The van der Waals surface area contributed by atoms with Gasteiger partial charge in [0, 0.05) is 19.2 Å². The Morgan fingerprint density at radius 3 is 2.87 bits per heavy atom. The Hall–Kier alpha value is -1.71. The minimum atomic E-state index is -0.316. The van der Waals surface area contributed by atoms with Crippen molar-refractivity contribution in [2.45, 2.75) is 12.8 Å². The quantitative estimate of drug-likeness (QED) is 0.423. The van der Waals surface area contributed by atoms with Gasteiger partial charge in [0.05, 0.1) is 5.92 Å². The molecule has 1 rings (SSSR count). The first-order chi connectivity index (χ1) is 7.19. The van der Waals surface area contributed by atoms with Crippen molar-refractivity contribution < 1.29 is 9.59 Å². The smallest absolute Gasteiger partial charge is 0.235 e. The van der Waals surface area contributed by atoms with Crippen LogP contribution in [0.3, 0.4) is 0 Å². The predicted molar refractivity (Wildman–Crippen MR) is 58.6 cm³/mol. The molecule has 1 N–H and O–H groups in total. The topological polar surface area (TPSA) is 58.5 Å². The summed E-state index contributed by atoms with van der Waals surface area (Å²) in [5.74, 6) is -0.788. The van der Waals surface area contributed by atoms with Crippen molar-refractivity contribution in [3.8, 4) is 0 Å². The normalized spacial score (nSPS) is 23.0. The number of amides is 2. The summed E-state index contributed by atoms with van der Waals surface area (Å²) in [6.07, 6.45) is 5.99. The van der Waals surface area contributed by atoms with Gasteiger partial charge < -0.3 is 0 Å². The highest BCUT2D eigenvalue weighted by atomic mass is 16.2. The minimum absolute atomic E-state index is 0.209. The van der Waals surface area contributed by atoms with E-state index < -0.39 is 0 Å². The van der Waals surface area contributed by atoms with Gasteiger partial charge in [-0.1, -0.05) is 18.7 Å². The SMILES string of the molecule is C=C/C=C\C(=NC)C1CCC(=O)NC1=O. The molecular formula is C11H14N2O2. The first-order valence-corrected chi connectivity index (χ1v) is 4.78. The monoisotopic (exact) mass is 206 g/mol. The zero-order valence-corrected chi connectivity index (χ0v) is 8.69. The number of allylic oxidation sites excluding steroid dienone is 3. The molecule has 0 aromatic rings. The van der Waals surface area contributed by atoms with Crippen molar-refractivity contribution in [1.29, 1.82) is 0 Å². The molecule has 0 spiro atoms. The van der Waals surface area contributed by atoms with Crippen molar-refractivity contribution in [2.24, 2.45) is 10.9 Å². The van der Waals surface area contributed by atoms with Crippen LogP contribution in [-0.2, 0) is 9.59 Å². The Balaban J connectivity index is 2.77. The lowest BCUT2D eigenvalue weighted by atomic mass is 9.93. The zero-order valence-electron chi connectivity index (χ0n) is 8.69. The van der Waals surface area contributed by atoms with Gasteiger partial charge in [-0.2, -0.15) is 0 Å². The molecule has 4 heteroatoms. The molecule has 0 bridgehead atoms. The molecule has 2 amide bonds. The van der Waals surface area contributed by atoms with Gasteiger partial charge in [0.1, 0.15) is 0 Å². The first-order valence-electron chi connectivity index (χ1n) is 4.78. The Kier molecular flexibility index (Phi) is 3.97. The lowest BCUT2D eigenvalue weighted by Crippen LogP contribution is -2.43. The maximum Gasteiger partial charge on any atom is 0.235 e. The van der Waals surface area contributed by atoms with Gasteiger partial charge in [0.2, 0.25) is 11.8 Å². The fourth-order valence-electron chi connectivity index (χ4n) is 1.49. The Morgan fingerprint density at radius 1 is 1.60 bits per heavy atom. The summed E-state index contributed by atoms with van der Waals surface area (Å²) < 4.78 is 0. The van der Waals surface area contributed by atoms with Crippen molar-refractivity contribution in [1.82, 2.24) is 5.32 Å². The van der Waals surface area contributed by atoms with Crippen LogP contribution in [0.25, 0.3) is 0 Å². The van der Waals surface area contributed by atoms with E-state index in [-0.39, 0.29) is 17.7 Å². The molecule has 80 valence electrons. The van der Waals surface area contributed by atoms with E-state index in [0.717, 1.165) is 0 Å². The van der Waals surface area contributed by atoms with Gasteiger partial charge in [-0.3, -0.25) is 19.9 Å². The second kappa shape index (κ2) is 5.24. The third kappa shape index (κ3) is 2.87. The van der Waals surface area contributed by atoms with Gasteiger partial charge >= 0.3 is 0 Å². The summed E-state index contributed by atoms with van der Waals surface area (Å²) in [6, 6.07) is 0. The first kappa shape index (κ1) is 11.4. The predicted octanol–water partition coefficient (Wildman–Crippen LogP) is 0.852. The largest absolute Gasteiger partial charge is 0.296 e. The Labute approximate surface area is 88.8 Å². The summed E-state index contributed by atoms with van der Waals surface area (Å²) in [7, 11) is 1.63. The fourth-order valence-corrected chi connectivity index (χ4v) is 1.49. The Bertz CT molecular complexity index is 342. The average Bonchev–Trinajstić information content (AvgIpc) is 2.21. The number of nitrogens with zero attached hydrogens (tertiary/aromatic N) is 1. The van der Waals surface area contributed by atoms with Crippen molar-refractivity contribution in [3.05, 3.63) is 24.8 Å². The van der Waals surface area contributed by atoms with Crippen LogP contribution in [0.4, 0.5) is 0 Å². The standard InChI is InChI=1S/C11H14N2O2/c1-3-4-5-9(12-2)8-6-7-10(14)13-11(8)15/h3-5,8H,1,6-7H2,2H3,(H,13,14,15)/b5-4-,12-9?. The van der Waals surface area contributed by atoms with Crippen LogP contribution >= 0.6 is 0 Å². The van der Waals surface area contributed by atoms with Gasteiger partial charge in [-0.05, 0) is 12.5 Å². The number of imide groups is 1. The summed E-state index contributed by atoms with van der Waals surface area (Å²) in [5, 5.41) is 2.30. The van der Waals surface area contributed by atoms with E-state index in [0.29, 0.717) is 18.6 Å². The average molecular weight is 206 g/mol.